The molecule has 2 N–H and O–H groups in total. The molecule has 0 saturated heterocycles. The molecule has 1 aliphatic rings. The van der Waals surface area contributed by atoms with E-state index in [1.165, 1.54) is 0 Å². The molecule has 0 atom stereocenters. The Kier molecular flexibility index (Phi) is 10.7. The molecule has 268 valence electrons. The molecule has 0 radical (unpaired) electrons. The van der Waals surface area contributed by atoms with Crippen molar-refractivity contribution in [1.29, 1.82) is 0 Å². The van der Waals surface area contributed by atoms with Crippen LogP contribution in [0.4, 0.5) is 0 Å². The summed E-state index contributed by atoms with van der Waals surface area (Å²) in [6, 6.07) is 8.04. The maximum absolute atomic E-state index is 13.2. The van der Waals surface area contributed by atoms with Gasteiger partial charge in [0.2, 0.25) is 0 Å². The minimum atomic E-state index is -0.552. The van der Waals surface area contributed by atoms with E-state index in [9.17, 15) is 19.8 Å². The van der Waals surface area contributed by atoms with Gasteiger partial charge in [-0.05, 0) is 67.9 Å². The third kappa shape index (κ3) is 8.40. The standard InChI is InChI=1S/C42H64O6/c1-37(2,3)27-21-25(22-28(33(27)45)38(4,5)6)17-19-31(43)47-35-41(13,14)36(42(35,15)16)48-32(44)20-18-26-23-29(39(7,8)9)34(46)30(24-26)40(10,11)12/h21-24,35-36,45-46H,17-20H2,1-16H3. The van der Waals surface area contributed by atoms with Gasteiger partial charge in [0.25, 0.3) is 0 Å². The van der Waals surface area contributed by atoms with Crippen LogP contribution >= 0.6 is 0 Å². The Morgan fingerprint density at radius 2 is 0.771 bits per heavy atom. The smallest absolute Gasteiger partial charge is 0.306 e. The van der Waals surface area contributed by atoms with Crippen LogP contribution < -0.4 is 0 Å². The first-order valence-electron chi connectivity index (χ1n) is 17.6. The zero-order chi connectivity index (χ0) is 37.0. The minimum Gasteiger partial charge on any atom is -0.507 e. The second kappa shape index (κ2) is 13.0. The van der Waals surface area contributed by atoms with E-state index in [0.717, 1.165) is 33.4 Å². The lowest BCUT2D eigenvalue weighted by Gasteiger charge is -2.61. The molecule has 1 fully saturated rings. The average Bonchev–Trinajstić information content (AvgIpc) is 2.90. The van der Waals surface area contributed by atoms with Crippen LogP contribution in [0.1, 0.15) is 157 Å². The Bertz CT molecular complexity index is 1320. The fourth-order valence-corrected chi connectivity index (χ4v) is 7.54. The molecule has 0 aliphatic heterocycles. The zero-order valence-electron chi connectivity index (χ0n) is 32.8. The number of phenols is 2. The topological polar surface area (TPSA) is 93.1 Å². The maximum Gasteiger partial charge on any atom is 0.306 e. The van der Waals surface area contributed by atoms with Gasteiger partial charge in [-0.3, -0.25) is 9.59 Å². The van der Waals surface area contributed by atoms with Gasteiger partial charge in [-0.2, -0.15) is 0 Å². The number of carbonyl (C=O) groups excluding carboxylic acids is 2. The molecule has 48 heavy (non-hydrogen) atoms. The van der Waals surface area contributed by atoms with E-state index in [1.54, 1.807) is 0 Å². The molecular formula is C42H64O6. The van der Waals surface area contributed by atoms with Crippen molar-refractivity contribution < 1.29 is 29.3 Å². The summed E-state index contributed by atoms with van der Waals surface area (Å²) in [6.07, 6.45) is 0.609. The highest BCUT2D eigenvalue weighted by Gasteiger charge is 2.66. The number of esters is 2. The Hall–Kier alpha value is -3.02. The van der Waals surface area contributed by atoms with Crippen molar-refractivity contribution in [1.82, 2.24) is 0 Å². The van der Waals surface area contributed by atoms with E-state index in [-0.39, 0.29) is 46.4 Å². The van der Waals surface area contributed by atoms with Crippen LogP contribution in [0.15, 0.2) is 24.3 Å². The third-order valence-corrected chi connectivity index (χ3v) is 10.0. The van der Waals surface area contributed by atoms with Crippen LogP contribution in [0.25, 0.3) is 0 Å². The maximum atomic E-state index is 13.2. The molecule has 2 aromatic carbocycles. The van der Waals surface area contributed by atoms with Crippen LogP contribution in [0.5, 0.6) is 11.5 Å². The first-order chi connectivity index (χ1) is 21.5. The Balaban J connectivity index is 1.68. The van der Waals surface area contributed by atoms with Crippen molar-refractivity contribution in [3.63, 3.8) is 0 Å². The van der Waals surface area contributed by atoms with Crippen LogP contribution in [0.2, 0.25) is 0 Å². The van der Waals surface area contributed by atoms with Gasteiger partial charge < -0.3 is 19.7 Å². The second-order valence-corrected chi connectivity index (χ2v) is 19.5. The van der Waals surface area contributed by atoms with E-state index in [4.69, 9.17) is 9.47 Å². The fraction of sp³-hybridized carbons (Fsp3) is 0.667. The number of carbonyl (C=O) groups is 2. The summed E-state index contributed by atoms with van der Waals surface area (Å²) in [6.45, 7) is 32.9. The van der Waals surface area contributed by atoms with Gasteiger partial charge in [-0.1, -0.05) is 135 Å². The first kappa shape index (κ1) is 39.4. The number of rotatable bonds is 8. The van der Waals surface area contributed by atoms with E-state index >= 15 is 0 Å². The summed E-state index contributed by atoms with van der Waals surface area (Å²) in [5.74, 6) is 0.0787. The molecular weight excluding hydrogens is 600 g/mol. The monoisotopic (exact) mass is 664 g/mol. The molecule has 1 saturated carbocycles. The molecule has 0 heterocycles. The van der Waals surface area contributed by atoms with Crippen molar-refractivity contribution in [3.8, 4) is 11.5 Å². The quantitative estimate of drug-likeness (QED) is 0.273. The summed E-state index contributed by atoms with van der Waals surface area (Å²) in [4.78, 5) is 26.5. The lowest BCUT2D eigenvalue weighted by Crippen LogP contribution is -2.69. The molecule has 0 spiro atoms. The predicted octanol–water partition coefficient (Wildman–Crippen LogP) is 9.74. The lowest BCUT2D eigenvalue weighted by molar-refractivity contribution is -0.267. The van der Waals surface area contributed by atoms with Crippen molar-refractivity contribution in [3.05, 3.63) is 57.6 Å². The molecule has 0 aromatic heterocycles. The Morgan fingerprint density at radius 1 is 0.542 bits per heavy atom. The number of phenolic OH excluding ortho intramolecular Hbond substituents is 2. The number of aromatic hydroxyl groups is 2. The van der Waals surface area contributed by atoms with E-state index in [2.05, 4.69) is 83.1 Å². The Labute approximate surface area is 291 Å². The normalized spacial score (nSPS) is 19.4. The summed E-state index contributed by atoms with van der Waals surface area (Å²) in [7, 11) is 0. The Morgan fingerprint density at radius 3 is 0.979 bits per heavy atom. The summed E-state index contributed by atoms with van der Waals surface area (Å²) >= 11 is 0. The van der Waals surface area contributed by atoms with Gasteiger partial charge in [0.1, 0.15) is 23.7 Å². The van der Waals surface area contributed by atoms with Crippen LogP contribution in [-0.2, 0) is 53.6 Å². The van der Waals surface area contributed by atoms with Crippen molar-refractivity contribution in [2.75, 3.05) is 0 Å². The predicted molar refractivity (Wildman–Crippen MR) is 195 cm³/mol. The van der Waals surface area contributed by atoms with Crippen molar-refractivity contribution >= 4 is 11.9 Å². The summed E-state index contributed by atoms with van der Waals surface area (Å²) in [5.41, 5.74) is 3.39. The zero-order valence-corrected chi connectivity index (χ0v) is 32.8. The summed E-state index contributed by atoms with van der Waals surface area (Å²) in [5, 5.41) is 22.1. The van der Waals surface area contributed by atoms with E-state index < -0.39 is 23.0 Å². The minimum absolute atomic E-state index is 0.213. The fourth-order valence-electron chi connectivity index (χ4n) is 7.54. The average molecular weight is 665 g/mol. The molecule has 0 unspecified atom stereocenters. The second-order valence-electron chi connectivity index (χ2n) is 19.5. The van der Waals surface area contributed by atoms with Crippen molar-refractivity contribution in [2.45, 2.75) is 170 Å². The first-order valence-corrected chi connectivity index (χ1v) is 17.6. The number of benzene rings is 2. The van der Waals surface area contributed by atoms with Crippen LogP contribution in [0, 0.1) is 10.8 Å². The highest BCUT2D eigenvalue weighted by molar-refractivity contribution is 5.72. The number of aryl methyl sites for hydroxylation is 2. The SMILES string of the molecule is CC(C)(C)c1cc(CCC(=O)OC2C(C)(C)C(OC(=O)CCc3cc(C(C)(C)C)c(O)c(C(C)(C)C)c3)C2(C)C)cc(C(C)(C)C)c1O. The largest absolute Gasteiger partial charge is 0.507 e. The third-order valence-electron chi connectivity index (χ3n) is 10.0. The van der Waals surface area contributed by atoms with Crippen LogP contribution in [0.3, 0.4) is 0 Å². The highest BCUT2D eigenvalue weighted by Crippen LogP contribution is 2.57. The molecule has 2 aromatic rings. The lowest BCUT2D eigenvalue weighted by atomic mass is 9.51. The van der Waals surface area contributed by atoms with Gasteiger partial charge >= 0.3 is 11.9 Å². The molecule has 6 nitrogen and oxygen atoms in total. The van der Waals surface area contributed by atoms with Gasteiger partial charge in [0.05, 0.1) is 0 Å². The van der Waals surface area contributed by atoms with Gasteiger partial charge in [-0.15, -0.1) is 0 Å². The van der Waals surface area contributed by atoms with Gasteiger partial charge in [-0.25, -0.2) is 0 Å². The molecule has 0 bridgehead atoms. The molecule has 3 rings (SSSR count). The highest BCUT2D eigenvalue weighted by atomic mass is 16.6. The number of ether oxygens (including phenoxy) is 2. The van der Waals surface area contributed by atoms with E-state index in [0.29, 0.717) is 24.3 Å². The number of hydrogen-bond acceptors (Lipinski definition) is 6. The van der Waals surface area contributed by atoms with Gasteiger partial charge in [0.15, 0.2) is 0 Å². The molecule has 6 heteroatoms. The van der Waals surface area contributed by atoms with Crippen molar-refractivity contribution in [2.24, 2.45) is 10.8 Å². The van der Waals surface area contributed by atoms with E-state index in [1.807, 2.05) is 52.0 Å². The molecule has 0 amide bonds. The summed E-state index contributed by atoms with van der Waals surface area (Å²) < 4.78 is 12.2. The number of hydrogen-bond donors (Lipinski definition) is 2. The van der Waals surface area contributed by atoms with Gasteiger partial charge in [0, 0.05) is 23.7 Å². The molecule has 1 aliphatic carbocycles. The van der Waals surface area contributed by atoms with Crippen LogP contribution in [-0.4, -0.2) is 34.4 Å².